The minimum absolute atomic E-state index is 0.243. The van der Waals surface area contributed by atoms with E-state index >= 15 is 0 Å². The van der Waals surface area contributed by atoms with Crippen molar-refractivity contribution in [3.05, 3.63) is 17.0 Å². The summed E-state index contributed by atoms with van der Waals surface area (Å²) in [4.78, 5) is 0. The molecule has 0 radical (unpaired) electrons. The van der Waals surface area contributed by atoms with Crippen LogP contribution in [0.15, 0.2) is 0 Å². The summed E-state index contributed by atoms with van der Waals surface area (Å²) < 4.78 is 2.11. The molecule has 14 heavy (non-hydrogen) atoms. The molecule has 0 N–H and O–H groups in total. The third-order valence-corrected chi connectivity index (χ3v) is 3.62. The first-order valence-electron chi connectivity index (χ1n) is 5.54. The van der Waals surface area contributed by atoms with E-state index in [4.69, 9.17) is 0 Å². The lowest BCUT2D eigenvalue weighted by molar-refractivity contribution is 0.514. The molecule has 0 saturated heterocycles. The molecule has 2 aliphatic carbocycles. The van der Waals surface area contributed by atoms with Crippen molar-refractivity contribution < 1.29 is 0 Å². The first-order chi connectivity index (χ1) is 6.48. The van der Waals surface area contributed by atoms with Crippen LogP contribution in [0.5, 0.6) is 0 Å². The average molecular weight is 190 g/mol. The predicted molar refractivity (Wildman–Crippen MR) is 56.5 cm³/mol. The number of aryl methyl sites for hydroxylation is 1. The highest BCUT2D eigenvalue weighted by molar-refractivity contribution is 5.43. The standard InChI is InChI=1S/C12H18N2/c1-12(2,3)11-10-8-5-7(8)6-9(10)13-14(11)4/h7-8H,5-6H2,1-4H3. The topological polar surface area (TPSA) is 17.8 Å². The van der Waals surface area contributed by atoms with Gasteiger partial charge in [-0.1, -0.05) is 20.8 Å². The molecule has 3 rings (SSSR count). The lowest BCUT2D eigenvalue weighted by atomic mass is 9.88. The van der Waals surface area contributed by atoms with Crippen LogP contribution in [0.4, 0.5) is 0 Å². The number of nitrogens with zero attached hydrogens (tertiary/aromatic N) is 2. The maximum absolute atomic E-state index is 4.66. The third kappa shape index (κ3) is 0.943. The Kier molecular flexibility index (Phi) is 1.36. The number of rotatable bonds is 0. The molecular formula is C12H18N2. The molecular weight excluding hydrogens is 172 g/mol. The molecule has 1 saturated carbocycles. The highest BCUT2D eigenvalue weighted by atomic mass is 15.3. The Bertz CT molecular complexity index is 395. The molecule has 0 spiro atoms. The number of hydrogen-bond donors (Lipinski definition) is 0. The molecule has 1 heterocycles. The highest BCUT2D eigenvalue weighted by Crippen LogP contribution is 2.58. The molecule has 1 aromatic rings. The van der Waals surface area contributed by atoms with Crippen molar-refractivity contribution in [3.63, 3.8) is 0 Å². The molecule has 2 atom stereocenters. The van der Waals surface area contributed by atoms with E-state index in [1.165, 1.54) is 24.2 Å². The van der Waals surface area contributed by atoms with Crippen molar-refractivity contribution in [1.82, 2.24) is 9.78 Å². The molecule has 2 nitrogen and oxygen atoms in total. The van der Waals surface area contributed by atoms with Crippen LogP contribution in [0.1, 0.15) is 50.1 Å². The molecule has 2 aliphatic rings. The van der Waals surface area contributed by atoms with Gasteiger partial charge >= 0.3 is 0 Å². The van der Waals surface area contributed by atoms with Gasteiger partial charge in [-0.2, -0.15) is 5.10 Å². The zero-order valence-corrected chi connectivity index (χ0v) is 9.46. The Morgan fingerprint density at radius 2 is 2.07 bits per heavy atom. The Hall–Kier alpha value is -0.790. The molecule has 0 aliphatic heterocycles. The van der Waals surface area contributed by atoms with Crippen molar-refractivity contribution in [3.8, 4) is 0 Å². The van der Waals surface area contributed by atoms with E-state index in [1.54, 1.807) is 5.56 Å². The van der Waals surface area contributed by atoms with E-state index in [1.807, 2.05) is 0 Å². The van der Waals surface area contributed by atoms with Crippen LogP contribution in [-0.4, -0.2) is 9.78 Å². The van der Waals surface area contributed by atoms with Crippen LogP contribution in [0.25, 0.3) is 0 Å². The van der Waals surface area contributed by atoms with Crippen LogP contribution in [0, 0.1) is 5.92 Å². The average Bonchev–Trinajstić information content (AvgIpc) is 2.54. The van der Waals surface area contributed by atoms with Crippen molar-refractivity contribution in [2.24, 2.45) is 13.0 Å². The third-order valence-electron chi connectivity index (χ3n) is 3.62. The fourth-order valence-electron chi connectivity index (χ4n) is 3.10. The van der Waals surface area contributed by atoms with E-state index in [0.717, 1.165) is 11.8 Å². The van der Waals surface area contributed by atoms with Gasteiger partial charge in [0.2, 0.25) is 0 Å². The Morgan fingerprint density at radius 3 is 2.71 bits per heavy atom. The SMILES string of the molecule is Cn1nc2c(c1C(C)(C)C)C1CC1C2. The van der Waals surface area contributed by atoms with Crippen molar-refractivity contribution in [1.29, 1.82) is 0 Å². The summed E-state index contributed by atoms with van der Waals surface area (Å²) in [5, 5.41) is 4.66. The zero-order chi connectivity index (χ0) is 10.1. The van der Waals surface area contributed by atoms with Gasteiger partial charge in [-0.25, -0.2) is 0 Å². The summed E-state index contributed by atoms with van der Waals surface area (Å²) in [6.07, 6.45) is 2.66. The fourth-order valence-corrected chi connectivity index (χ4v) is 3.10. The summed E-state index contributed by atoms with van der Waals surface area (Å²) in [6.45, 7) is 6.88. The number of fused-ring (bicyclic) bond motifs is 3. The van der Waals surface area contributed by atoms with E-state index < -0.39 is 0 Å². The molecule has 0 bridgehead atoms. The lowest BCUT2D eigenvalue weighted by Crippen LogP contribution is -2.18. The summed E-state index contributed by atoms with van der Waals surface area (Å²) in [5.41, 5.74) is 4.70. The van der Waals surface area contributed by atoms with E-state index in [-0.39, 0.29) is 5.41 Å². The van der Waals surface area contributed by atoms with Gasteiger partial charge in [0, 0.05) is 23.7 Å². The van der Waals surface area contributed by atoms with E-state index in [9.17, 15) is 0 Å². The molecule has 2 heteroatoms. The summed E-state index contributed by atoms with van der Waals surface area (Å²) in [5.74, 6) is 1.82. The number of aromatic nitrogens is 2. The second-order valence-corrected chi connectivity index (χ2v) is 5.89. The lowest BCUT2D eigenvalue weighted by Gasteiger charge is -2.20. The summed E-state index contributed by atoms with van der Waals surface area (Å²) in [6, 6.07) is 0. The first kappa shape index (κ1) is 8.51. The maximum Gasteiger partial charge on any atom is 0.0665 e. The molecule has 1 aromatic heterocycles. The van der Waals surface area contributed by atoms with Crippen LogP contribution in [0.3, 0.4) is 0 Å². The molecule has 1 fully saturated rings. The van der Waals surface area contributed by atoms with Crippen LogP contribution in [0.2, 0.25) is 0 Å². The Labute approximate surface area is 85.3 Å². The maximum atomic E-state index is 4.66. The van der Waals surface area contributed by atoms with Gasteiger partial charge in [0.1, 0.15) is 0 Å². The molecule has 0 aromatic carbocycles. The number of hydrogen-bond acceptors (Lipinski definition) is 1. The second-order valence-electron chi connectivity index (χ2n) is 5.89. The smallest absolute Gasteiger partial charge is 0.0665 e. The molecule has 76 valence electrons. The second kappa shape index (κ2) is 2.23. The quantitative estimate of drug-likeness (QED) is 0.614. The van der Waals surface area contributed by atoms with Gasteiger partial charge in [-0.3, -0.25) is 4.68 Å². The zero-order valence-electron chi connectivity index (χ0n) is 9.46. The van der Waals surface area contributed by atoms with Crippen LogP contribution < -0.4 is 0 Å². The fraction of sp³-hybridized carbons (Fsp3) is 0.750. The van der Waals surface area contributed by atoms with Gasteiger partial charge in [-0.05, 0) is 24.7 Å². The van der Waals surface area contributed by atoms with Crippen LogP contribution >= 0.6 is 0 Å². The van der Waals surface area contributed by atoms with Gasteiger partial charge in [0.15, 0.2) is 0 Å². The predicted octanol–water partition coefficient (Wildman–Crippen LogP) is 2.38. The minimum Gasteiger partial charge on any atom is -0.272 e. The van der Waals surface area contributed by atoms with E-state index in [2.05, 4.69) is 37.6 Å². The largest absolute Gasteiger partial charge is 0.272 e. The van der Waals surface area contributed by atoms with Gasteiger partial charge in [0.25, 0.3) is 0 Å². The van der Waals surface area contributed by atoms with E-state index in [0.29, 0.717) is 0 Å². The summed E-state index contributed by atoms with van der Waals surface area (Å²) in [7, 11) is 2.09. The molecule has 2 unspecified atom stereocenters. The van der Waals surface area contributed by atoms with Crippen molar-refractivity contribution in [2.75, 3.05) is 0 Å². The van der Waals surface area contributed by atoms with Crippen LogP contribution in [-0.2, 0) is 18.9 Å². The Balaban J connectivity index is 2.19. The highest BCUT2D eigenvalue weighted by Gasteiger charge is 2.49. The molecule has 0 amide bonds. The van der Waals surface area contributed by atoms with Gasteiger partial charge in [0.05, 0.1) is 5.69 Å². The van der Waals surface area contributed by atoms with Crippen molar-refractivity contribution >= 4 is 0 Å². The monoisotopic (exact) mass is 190 g/mol. The minimum atomic E-state index is 0.243. The van der Waals surface area contributed by atoms with Gasteiger partial charge < -0.3 is 0 Å². The summed E-state index contributed by atoms with van der Waals surface area (Å²) >= 11 is 0. The van der Waals surface area contributed by atoms with Crippen molar-refractivity contribution in [2.45, 2.75) is 44.9 Å². The van der Waals surface area contributed by atoms with Gasteiger partial charge in [-0.15, -0.1) is 0 Å². The first-order valence-corrected chi connectivity index (χ1v) is 5.54. The normalized spacial score (nSPS) is 28.9. The Morgan fingerprint density at radius 1 is 1.36 bits per heavy atom.